The van der Waals surface area contributed by atoms with Crippen molar-refractivity contribution in [3.63, 3.8) is 0 Å². The number of amides is 1. The number of anilines is 1. The lowest BCUT2D eigenvalue weighted by Crippen LogP contribution is -2.39. The van der Waals surface area contributed by atoms with Crippen LogP contribution in [0.5, 0.6) is 0 Å². The van der Waals surface area contributed by atoms with Crippen LogP contribution >= 0.6 is 0 Å². The zero-order valence-corrected chi connectivity index (χ0v) is 11.8. The largest absolute Gasteiger partial charge is 0.407 e. The number of nitrogens with one attached hydrogen (secondary N) is 3. The first-order valence-corrected chi connectivity index (χ1v) is 6.78. The average Bonchev–Trinajstić information content (AvgIpc) is 3.16. The van der Waals surface area contributed by atoms with Crippen molar-refractivity contribution in [2.24, 2.45) is 0 Å². The van der Waals surface area contributed by atoms with Crippen LogP contribution in [-0.2, 0) is 16.1 Å². The second-order valence-electron chi connectivity index (χ2n) is 4.81. The van der Waals surface area contributed by atoms with Gasteiger partial charge in [-0.15, -0.1) is 5.10 Å². The lowest BCUT2D eigenvalue weighted by molar-refractivity contribution is -0.121. The Bertz CT molecular complexity index is 432. The van der Waals surface area contributed by atoms with E-state index in [0.717, 1.165) is 0 Å². The molecule has 1 fully saturated rings. The fourth-order valence-corrected chi connectivity index (χ4v) is 1.58. The zero-order valence-electron chi connectivity index (χ0n) is 11.8. The summed E-state index contributed by atoms with van der Waals surface area (Å²) in [6, 6.07) is 0.396. The second-order valence-corrected chi connectivity index (χ2v) is 4.81. The summed E-state index contributed by atoms with van der Waals surface area (Å²) in [5.41, 5.74) is 0. The molecular weight excluding hydrogens is 262 g/mol. The molecule has 0 spiro atoms. The summed E-state index contributed by atoms with van der Waals surface area (Å²) in [5.74, 6) is 0.379. The Balaban J connectivity index is 1.72. The first-order valence-electron chi connectivity index (χ1n) is 6.78. The standard InChI is InChI=1S/C12H21N5O3/c1-8(11(18)13-5-6-19-2)15-12-17-16-10(20-12)7-14-9-3-4-9/h8-9,14H,3-7H2,1-2H3,(H,13,18)(H,15,17). The molecule has 0 aliphatic heterocycles. The average molecular weight is 283 g/mol. The number of carbonyl (C=O) groups is 1. The van der Waals surface area contributed by atoms with Gasteiger partial charge in [0, 0.05) is 19.7 Å². The molecule has 1 saturated carbocycles. The highest BCUT2D eigenvalue weighted by Gasteiger charge is 2.21. The summed E-state index contributed by atoms with van der Waals surface area (Å²) in [7, 11) is 1.59. The molecule has 3 N–H and O–H groups in total. The highest BCUT2D eigenvalue weighted by Crippen LogP contribution is 2.19. The smallest absolute Gasteiger partial charge is 0.316 e. The Morgan fingerprint density at radius 1 is 1.50 bits per heavy atom. The minimum atomic E-state index is -0.448. The van der Waals surface area contributed by atoms with Crippen LogP contribution in [0.2, 0.25) is 0 Å². The van der Waals surface area contributed by atoms with Gasteiger partial charge in [-0.2, -0.15) is 0 Å². The molecule has 2 rings (SSSR count). The number of hydrogen-bond donors (Lipinski definition) is 3. The Morgan fingerprint density at radius 3 is 3.00 bits per heavy atom. The summed E-state index contributed by atoms with van der Waals surface area (Å²) >= 11 is 0. The van der Waals surface area contributed by atoms with Gasteiger partial charge in [-0.1, -0.05) is 5.10 Å². The molecule has 20 heavy (non-hydrogen) atoms. The normalized spacial score (nSPS) is 15.9. The predicted molar refractivity (Wildman–Crippen MR) is 72.1 cm³/mol. The van der Waals surface area contributed by atoms with E-state index in [0.29, 0.717) is 31.6 Å². The zero-order chi connectivity index (χ0) is 14.4. The van der Waals surface area contributed by atoms with Gasteiger partial charge in [-0.25, -0.2) is 0 Å². The number of rotatable bonds is 9. The van der Waals surface area contributed by atoms with Crippen LogP contribution in [0.1, 0.15) is 25.7 Å². The van der Waals surface area contributed by atoms with Crippen molar-refractivity contribution in [1.29, 1.82) is 0 Å². The number of nitrogens with zero attached hydrogens (tertiary/aromatic N) is 2. The van der Waals surface area contributed by atoms with Gasteiger partial charge in [0.1, 0.15) is 6.04 Å². The Kier molecular flexibility index (Phi) is 5.31. The highest BCUT2D eigenvalue weighted by molar-refractivity contribution is 5.83. The second kappa shape index (κ2) is 7.20. The molecule has 1 atom stereocenters. The molecule has 0 bridgehead atoms. The molecule has 8 heteroatoms. The van der Waals surface area contributed by atoms with Gasteiger partial charge in [0.25, 0.3) is 0 Å². The molecule has 112 valence electrons. The molecule has 1 aromatic heterocycles. The Morgan fingerprint density at radius 2 is 2.30 bits per heavy atom. The van der Waals surface area contributed by atoms with Crippen LogP contribution in [0.25, 0.3) is 0 Å². The van der Waals surface area contributed by atoms with Crippen LogP contribution in [0.3, 0.4) is 0 Å². The van der Waals surface area contributed by atoms with Gasteiger partial charge in [0.2, 0.25) is 11.8 Å². The Hall–Kier alpha value is -1.67. The first-order chi connectivity index (χ1) is 9.69. The van der Waals surface area contributed by atoms with Crippen LogP contribution in [0.15, 0.2) is 4.42 Å². The molecule has 0 radical (unpaired) electrons. The van der Waals surface area contributed by atoms with E-state index in [9.17, 15) is 4.79 Å². The molecule has 1 amide bonds. The predicted octanol–water partition coefficient (Wildman–Crippen LogP) is -0.115. The third kappa shape index (κ3) is 4.78. The molecule has 1 aliphatic carbocycles. The molecule has 1 aromatic rings. The van der Waals surface area contributed by atoms with Gasteiger partial charge in [0.15, 0.2) is 0 Å². The highest BCUT2D eigenvalue weighted by atomic mass is 16.5. The van der Waals surface area contributed by atoms with Crippen molar-refractivity contribution in [2.75, 3.05) is 25.6 Å². The molecular formula is C12H21N5O3. The maximum Gasteiger partial charge on any atom is 0.316 e. The Labute approximate surface area is 117 Å². The van der Waals surface area contributed by atoms with E-state index in [1.165, 1.54) is 12.8 Å². The van der Waals surface area contributed by atoms with E-state index >= 15 is 0 Å². The summed E-state index contributed by atoms with van der Waals surface area (Å²) < 4.78 is 10.3. The van der Waals surface area contributed by atoms with Gasteiger partial charge in [-0.3, -0.25) is 4.79 Å². The number of hydrogen-bond acceptors (Lipinski definition) is 7. The maximum atomic E-state index is 11.7. The number of aromatic nitrogens is 2. The monoisotopic (exact) mass is 283 g/mol. The van der Waals surface area contributed by atoms with E-state index in [-0.39, 0.29) is 11.9 Å². The maximum absolute atomic E-state index is 11.7. The fraction of sp³-hybridized carbons (Fsp3) is 0.750. The van der Waals surface area contributed by atoms with Crippen LogP contribution in [-0.4, -0.2) is 48.4 Å². The van der Waals surface area contributed by atoms with Crippen molar-refractivity contribution in [3.05, 3.63) is 5.89 Å². The molecule has 1 unspecified atom stereocenters. The van der Waals surface area contributed by atoms with Crippen LogP contribution in [0.4, 0.5) is 6.01 Å². The van der Waals surface area contributed by atoms with Crippen molar-refractivity contribution in [2.45, 2.75) is 38.4 Å². The molecule has 0 aromatic carbocycles. The van der Waals surface area contributed by atoms with E-state index < -0.39 is 6.04 Å². The summed E-state index contributed by atoms with van der Waals surface area (Å²) in [4.78, 5) is 11.7. The van der Waals surface area contributed by atoms with Gasteiger partial charge < -0.3 is 25.1 Å². The van der Waals surface area contributed by atoms with Crippen LogP contribution in [0, 0.1) is 0 Å². The summed E-state index contributed by atoms with van der Waals surface area (Å²) in [5, 5.41) is 16.7. The third-order valence-electron chi connectivity index (χ3n) is 2.92. The topological polar surface area (TPSA) is 101 Å². The lowest BCUT2D eigenvalue weighted by Gasteiger charge is -2.11. The van der Waals surface area contributed by atoms with Gasteiger partial charge in [-0.05, 0) is 19.8 Å². The number of ether oxygens (including phenoxy) is 1. The fourth-order valence-electron chi connectivity index (χ4n) is 1.58. The molecule has 8 nitrogen and oxygen atoms in total. The summed E-state index contributed by atoms with van der Waals surface area (Å²) in [6.07, 6.45) is 2.41. The SMILES string of the molecule is COCCNC(=O)C(C)Nc1nnc(CNC2CC2)o1. The number of carbonyl (C=O) groups excluding carboxylic acids is 1. The molecule has 0 saturated heterocycles. The van der Waals surface area contributed by atoms with Crippen molar-refractivity contribution in [3.8, 4) is 0 Å². The lowest BCUT2D eigenvalue weighted by atomic mass is 10.3. The van der Waals surface area contributed by atoms with Gasteiger partial charge >= 0.3 is 6.01 Å². The molecule has 1 heterocycles. The third-order valence-corrected chi connectivity index (χ3v) is 2.92. The minimum Gasteiger partial charge on any atom is -0.407 e. The van der Waals surface area contributed by atoms with E-state index in [1.807, 2.05) is 0 Å². The van der Waals surface area contributed by atoms with E-state index in [2.05, 4.69) is 26.1 Å². The van der Waals surface area contributed by atoms with Gasteiger partial charge in [0.05, 0.1) is 13.2 Å². The van der Waals surface area contributed by atoms with Crippen molar-refractivity contribution in [1.82, 2.24) is 20.8 Å². The summed E-state index contributed by atoms with van der Waals surface area (Å²) in [6.45, 7) is 3.25. The quantitative estimate of drug-likeness (QED) is 0.543. The molecule has 1 aliphatic rings. The van der Waals surface area contributed by atoms with Crippen molar-refractivity contribution >= 4 is 11.9 Å². The number of methoxy groups -OCH3 is 1. The van der Waals surface area contributed by atoms with E-state index in [4.69, 9.17) is 9.15 Å². The first kappa shape index (κ1) is 14.7. The van der Waals surface area contributed by atoms with Crippen LogP contribution < -0.4 is 16.0 Å². The van der Waals surface area contributed by atoms with Crippen molar-refractivity contribution < 1.29 is 13.9 Å². The van der Waals surface area contributed by atoms with E-state index in [1.54, 1.807) is 14.0 Å². The minimum absolute atomic E-state index is 0.141.